The summed E-state index contributed by atoms with van der Waals surface area (Å²) in [4.78, 5) is 18.9. The Kier molecular flexibility index (Phi) is 4.61. The normalized spacial score (nSPS) is 10.4. The number of hydrogen-bond donors (Lipinski definition) is 0. The highest BCUT2D eigenvalue weighted by Crippen LogP contribution is 2.21. The molecule has 2 aromatic heterocycles. The van der Waals surface area contributed by atoms with Gasteiger partial charge >= 0.3 is 0 Å². The van der Waals surface area contributed by atoms with Crippen molar-refractivity contribution in [3.05, 3.63) is 77.9 Å². The van der Waals surface area contributed by atoms with Gasteiger partial charge in [0.1, 0.15) is 23.1 Å². The molecule has 5 nitrogen and oxygen atoms in total. The van der Waals surface area contributed by atoms with E-state index in [-0.39, 0.29) is 5.91 Å². The van der Waals surface area contributed by atoms with Gasteiger partial charge in [0.15, 0.2) is 0 Å². The molecule has 0 unspecified atom stereocenters. The molecule has 0 aliphatic carbocycles. The van der Waals surface area contributed by atoms with Crippen molar-refractivity contribution in [1.29, 1.82) is 0 Å². The van der Waals surface area contributed by atoms with Crippen molar-refractivity contribution in [3.63, 3.8) is 0 Å². The molecule has 0 N–H and O–H groups in total. The van der Waals surface area contributed by atoms with Gasteiger partial charge < -0.3 is 9.15 Å². The summed E-state index contributed by atoms with van der Waals surface area (Å²) in [5.41, 5.74) is 0.531. The zero-order valence-electron chi connectivity index (χ0n) is 13.6. The maximum absolute atomic E-state index is 13.0. The average Bonchev–Trinajstić information content (AvgIpc) is 3.05. The van der Waals surface area contributed by atoms with E-state index in [1.54, 1.807) is 48.5 Å². The molecule has 122 valence electrons. The molecule has 0 fully saturated rings. The highest BCUT2D eigenvalue weighted by atomic mass is 16.5. The molecule has 3 rings (SSSR count). The van der Waals surface area contributed by atoms with Gasteiger partial charge in [-0.05, 0) is 49.4 Å². The number of rotatable bonds is 5. The van der Waals surface area contributed by atoms with Crippen LogP contribution in [0.1, 0.15) is 21.9 Å². The summed E-state index contributed by atoms with van der Waals surface area (Å²) < 4.78 is 10.8. The number of pyridine rings is 1. The predicted molar refractivity (Wildman–Crippen MR) is 91.2 cm³/mol. The minimum absolute atomic E-state index is 0.165. The first-order chi connectivity index (χ1) is 11.7. The fourth-order valence-electron chi connectivity index (χ4n) is 2.41. The number of ether oxygens (including phenoxy) is 1. The van der Waals surface area contributed by atoms with Crippen molar-refractivity contribution in [2.45, 2.75) is 13.5 Å². The highest BCUT2D eigenvalue weighted by Gasteiger charge is 2.20. The fraction of sp³-hybridized carbons (Fsp3) is 0.158. The van der Waals surface area contributed by atoms with Gasteiger partial charge in [0.2, 0.25) is 0 Å². The minimum Gasteiger partial charge on any atom is -0.497 e. The van der Waals surface area contributed by atoms with E-state index in [1.807, 2.05) is 31.2 Å². The number of methoxy groups -OCH3 is 1. The van der Waals surface area contributed by atoms with E-state index in [0.717, 1.165) is 5.76 Å². The van der Waals surface area contributed by atoms with Crippen LogP contribution in [0.3, 0.4) is 0 Å². The molecular formula is C19H18N2O3. The molecule has 1 amide bonds. The van der Waals surface area contributed by atoms with E-state index in [1.165, 1.54) is 0 Å². The van der Waals surface area contributed by atoms with Crippen molar-refractivity contribution >= 4 is 11.7 Å². The van der Waals surface area contributed by atoms with Crippen LogP contribution in [0.15, 0.2) is 65.2 Å². The SMILES string of the molecule is COc1cccc(C(=O)N(Cc2ccc(C)o2)c2ccccn2)c1. The molecular weight excluding hydrogens is 304 g/mol. The van der Waals surface area contributed by atoms with Crippen LogP contribution in [0.25, 0.3) is 0 Å². The van der Waals surface area contributed by atoms with Gasteiger partial charge in [-0.25, -0.2) is 4.98 Å². The predicted octanol–water partition coefficient (Wildman–Crippen LogP) is 3.84. The lowest BCUT2D eigenvalue weighted by Gasteiger charge is -2.21. The number of nitrogens with zero attached hydrogens (tertiary/aromatic N) is 2. The summed E-state index contributed by atoms with van der Waals surface area (Å²) in [6.45, 7) is 2.18. The number of amides is 1. The number of benzene rings is 1. The molecule has 0 atom stereocenters. The molecule has 0 saturated carbocycles. The summed E-state index contributed by atoms with van der Waals surface area (Å²) in [6, 6.07) is 16.3. The van der Waals surface area contributed by atoms with Crippen LogP contribution >= 0.6 is 0 Å². The maximum Gasteiger partial charge on any atom is 0.259 e. The van der Waals surface area contributed by atoms with Crippen molar-refractivity contribution in [2.24, 2.45) is 0 Å². The topological polar surface area (TPSA) is 55.6 Å². The Morgan fingerprint density at radius 3 is 2.71 bits per heavy atom. The Bertz CT molecular complexity index is 827. The molecule has 0 spiro atoms. The molecule has 3 aromatic rings. The molecule has 0 aliphatic rings. The first kappa shape index (κ1) is 15.8. The van der Waals surface area contributed by atoms with Crippen LogP contribution in [0.2, 0.25) is 0 Å². The Hall–Kier alpha value is -3.08. The monoisotopic (exact) mass is 322 g/mol. The Labute approximate surface area is 140 Å². The van der Waals surface area contributed by atoms with Gasteiger partial charge in [-0.1, -0.05) is 12.1 Å². The third-order valence-corrected chi connectivity index (χ3v) is 3.60. The molecule has 0 aliphatic heterocycles. The van der Waals surface area contributed by atoms with E-state index < -0.39 is 0 Å². The minimum atomic E-state index is -0.165. The van der Waals surface area contributed by atoms with Crippen molar-refractivity contribution < 1.29 is 13.9 Å². The van der Waals surface area contributed by atoms with E-state index in [2.05, 4.69) is 4.98 Å². The zero-order chi connectivity index (χ0) is 16.9. The lowest BCUT2D eigenvalue weighted by atomic mass is 10.2. The highest BCUT2D eigenvalue weighted by molar-refractivity contribution is 6.05. The molecule has 0 bridgehead atoms. The largest absolute Gasteiger partial charge is 0.497 e. The van der Waals surface area contributed by atoms with Crippen molar-refractivity contribution in [3.8, 4) is 5.75 Å². The van der Waals surface area contributed by atoms with Gasteiger partial charge in [0, 0.05) is 11.8 Å². The second-order valence-electron chi connectivity index (χ2n) is 5.32. The molecule has 0 saturated heterocycles. The Morgan fingerprint density at radius 1 is 1.17 bits per heavy atom. The number of aryl methyl sites for hydroxylation is 1. The first-order valence-corrected chi connectivity index (χ1v) is 7.59. The number of carbonyl (C=O) groups excluding carboxylic acids is 1. The van der Waals surface area contributed by atoms with Crippen LogP contribution in [0, 0.1) is 6.92 Å². The summed E-state index contributed by atoms with van der Waals surface area (Å²) in [5.74, 6) is 2.55. The van der Waals surface area contributed by atoms with E-state index in [4.69, 9.17) is 9.15 Å². The number of aromatic nitrogens is 1. The summed E-state index contributed by atoms with van der Waals surface area (Å²) in [7, 11) is 1.58. The number of hydrogen-bond acceptors (Lipinski definition) is 4. The second kappa shape index (κ2) is 7.00. The quantitative estimate of drug-likeness (QED) is 0.716. The zero-order valence-corrected chi connectivity index (χ0v) is 13.6. The van der Waals surface area contributed by atoms with E-state index in [0.29, 0.717) is 29.4 Å². The van der Waals surface area contributed by atoms with Crippen LogP contribution in [0.5, 0.6) is 5.75 Å². The fourth-order valence-corrected chi connectivity index (χ4v) is 2.41. The Balaban J connectivity index is 1.95. The molecule has 0 radical (unpaired) electrons. The van der Waals surface area contributed by atoms with E-state index in [9.17, 15) is 4.79 Å². The lowest BCUT2D eigenvalue weighted by molar-refractivity contribution is 0.0982. The van der Waals surface area contributed by atoms with Crippen LogP contribution in [0.4, 0.5) is 5.82 Å². The Morgan fingerprint density at radius 2 is 2.04 bits per heavy atom. The van der Waals surface area contributed by atoms with Crippen LogP contribution < -0.4 is 9.64 Å². The molecule has 24 heavy (non-hydrogen) atoms. The molecule has 2 heterocycles. The smallest absolute Gasteiger partial charge is 0.259 e. The molecule has 1 aromatic carbocycles. The summed E-state index contributed by atoms with van der Waals surface area (Å²) >= 11 is 0. The van der Waals surface area contributed by atoms with Gasteiger partial charge in [-0.2, -0.15) is 0 Å². The van der Waals surface area contributed by atoms with Gasteiger partial charge in [0.05, 0.1) is 13.7 Å². The average molecular weight is 322 g/mol. The van der Waals surface area contributed by atoms with Gasteiger partial charge in [0.25, 0.3) is 5.91 Å². The van der Waals surface area contributed by atoms with Gasteiger partial charge in [-0.3, -0.25) is 9.69 Å². The van der Waals surface area contributed by atoms with Crippen molar-refractivity contribution in [1.82, 2.24) is 4.98 Å². The summed E-state index contributed by atoms with van der Waals surface area (Å²) in [6.07, 6.45) is 1.66. The molecule has 5 heteroatoms. The van der Waals surface area contributed by atoms with Crippen LogP contribution in [-0.4, -0.2) is 18.0 Å². The number of furan rings is 1. The standard InChI is InChI=1S/C19H18N2O3/c1-14-9-10-17(24-14)13-21(18-8-3-4-11-20-18)19(22)15-6-5-7-16(12-15)23-2/h3-12H,13H2,1-2H3. The third-order valence-electron chi connectivity index (χ3n) is 3.60. The second-order valence-corrected chi connectivity index (χ2v) is 5.32. The first-order valence-electron chi connectivity index (χ1n) is 7.59. The van der Waals surface area contributed by atoms with Crippen molar-refractivity contribution in [2.75, 3.05) is 12.0 Å². The van der Waals surface area contributed by atoms with Crippen LogP contribution in [-0.2, 0) is 6.54 Å². The third kappa shape index (κ3) is 3.46. The van der Waals surface area contributed by atoms with E-state index >= 15 is 0 Å². The lowest BCUT2D eigenvalue weighted by Crippen LogP contribution is -2.31. The summed E-state index contributed by atoms with van der Waals surface area (Å²) in [5, 5.41) is 0. The number of anilines is 1. The number of carbonyl (C=O) groups is 1. The maximum atomic E-state index is 13.0. The van der Waals surface area contributed by atoms with Gasteiger partial charge in [-0.15, -0.1) is 0 Å².